The molecular weight excluding hydrogens is 288 g/mol. The SMILES string of the molecule is CNC1CCCN(S(=O)(=O)c2nccnc2C)C1.Cl. The number of likely N-dealkylation sites (N-methyl/N-ethyl adjacent to an activating group) is 1. The molecule has 0 amide bonds. The zero-order chi connectivity index (χ0) is 13.2. The number of rotatable bonds is 3. The Kier molecular flexibility index (Phi) is 5.66. The van der Waals surface area contributed by atoms with Crippen molar-refractivity contribution in [3.05, 3.63) is 18.1 Å². The second-order valence-corrected chi connectivity index (χ2v) is 6.29. The molecule has 1 aliphatic rings. The first-order valence-electron chi connectivity index (χ1n) is 6.00. The van der Waals surface area contributed by atoms with Crippen molar-refractivity contribution in [3.63, 3.8) is 0 Å². The lowest BCUT2D eigenvalue weighted by Crippen LogP contribution is -2.47. The van der Waals surface area contributed by atoms with Gasteiger partial charge in [-0.2, -0.15) is 4.31 Å². The van der Waals surface area contributed by atoms with Crippen LogP contribution in [-0.4, -0.2) is 48.9 Å². The van der Waals surface area contributed by atoms with Gasteiger partial charge in [0.2, 0.25) is 0 Å². The number of nitrogens with zero attached hydrogens (tertiary/aromatic N) is 3. The van der Waals surface area contributed by atoms with Crippen LogP contribution >= 0.6 is 12.4 Å². The average molecular weight is 307 g/mol. The number of hydrogen-bond donors (Lipinski definition) is 1. The third-order valence-electron chi connectivity index (χ3n) is 3.21. The average Bonchev–Trinajstić information content (AvgIpc) is 2.39. The van der Waals surface area contributed by atoms with E-state index in [4.69, 9.17) is 0 Å². The third kappa shape index (κ3) is 3.42. The number of aromatic nitrogens is 2. The fourth-order valence-electron chi connectivity index (χ4n) is 2.17. The van der Waals surface area contributed by atoms with Gasteiger partial charge in [0.25, 0.3) is 10.0 Å². The Morgan fingerprint density at radius 2 is 2.05 bits per heavy atom. The molecule has 1 aliphatic heterocycles. The van der Waals surface area contributed by atoms with Gasteiger partial charge in [0.05, 0.1) is 5.69 Å². The summed E-state index contributed by atoms with van der Waals surface area (Å²) in [6, 6.07) is 0.213. The Balaban J connectivity index is 0.00000180. The highest BCUT2D eigenvalue weighted by atomic mass is 35.5. The van der Waals surface area contributed by atoms with Crippen molar-refractivity contribution in [3.8, 4) is 0 Å². The first kappa shape index (κ1) is 16.3. The number of halogens is 1. The predicted octanol–water partition coefficient (Wildman–Crippen LogP) is 0.579. The highest BCUT2D eigenvalue weighted by Crippen LogP contribution is 2.20. The molecule has 2 rings (SSSR count). The molecule has 0 spiro atoms. The molecule has 1 atom stereocenters. The third-order valence-corrected chi connectivity index (χ3v) is 5.11. The van der Waals surface area contributed by atoms with Gasteiger partial charge in [-0.15, -0.1) is 12.4 Å². The van der Waals surface area contributed by atoms with Gasteiger partial charge in [-0.05, 0) is 26.8 Å². The van der Waals surface area contributed by atoms with Gasteiger partial charge < -0.3 is 5.32 Å². The number of aryl methyl sites for hydroxylation is 1. The number of nitrogens with one attached hydrogen (secondary N) is 1. The van der Waals surface area contributed by atoms with Gasteiger partial charge >= 0.3 is 0 Å². The Labute approximate surface area is 120 Å². The van der Waals surface area contributed by atoms with Gasteiger partial charge in [-0.3, -0.25) is 4.98 Å². The lowest BCUT2D eigenvalue weighted by molar-refractivity contribution is 0.292. The van der Waals surface area contributed by atoms with Crippen molar-refractivity contribution in [2.24, 2.45) is 0 Å². The summed E-state index contributed by atoms with van der Waals surface area (Å²) in [7, 11) is -1.66. The predicted molar refractivity (Wildman–Crippen MR) is 74.9 cm³/mol. The van der Waals surface area contributed by atoms with Crippen LogP contribution in [0.5, 0.6) is 0 Å². The van der Waals surface area contributed by atoms with Crippen LogP contribution in [0.25, 0.3) is 0 Å². The second kappa shape index (κ2) is 6.60. The quantitative estimate of drug-likeness (QED) is 0.884. The summed E-state index contributed by atoms with van der Waals surface area (Å²) < 4.78 is 26.4. The van der Waals surface area contributed by atoms with Crippen molar-refractivity contribution in [2.45, 2.75) is 30.8 Å². The Morgan fingerprint density at radius 1 is 1.37 bits per heavy atom. The largest absolute Gasteiger partial charge is 0.316 e. The van der Waals surface area contributed by atoms with Crippen LogP contribution in [0.1, 0.15) is 18.5 Å². The highest BCUT2D eigenvalue weighted by Gasteiger charge is 2.31. The van der Waals surface area contributed by atoms with E-state index in [1.165, 1.54) is 16.7 Å². The van der Waals surface area contributed by atoms with E-state index in [0.717, 1.165) is 12.8 Å². The Hall–Kier alpha value is -0.760. The molecule has 1 aromatic heterocycles. The smallest absolute Gasteiger partial charge is 0.262 e. The molecule has 1 N–H and O–H groups in total. The molecule has 1 aromatic rings. The maximum Gasteiger partial charge on any atom is 0.262 e. The normalized spacial score (nSPS) is 20.8. The lowest BCUT2D eigenvalue weighted by atomic mass is 10.1. The molecule has 0 aliphatic carbocycles. The van der Waals surface area contributed by atoms with Crippen LogP contribution in [0.4, 0.5) is 0 Å². The summed E-state index contributed by atoms with van der Waals surface area (Å²) in [5.74, 6) is 0. The van der Waals surface area contributed by atoms with Gasteiger partial charge in [0.15, 0.2) is 5.03 Å². The first-order valence-corrected chi connectivity index (χ1v) is 7.44. The second-order valence-electron chi connectivity index (χ2n) is 4.44. The molecule has 0 saturated carbocycles. The minimum absolute atomic E-state index is 0. The summed E-state index contributed by atoms with van der Waals surface area (Å²) in [6.07, 6.45) is 4.78. The molecule has 1 unspecified atom stereocenters. The summed E-state index contributed by atoms with van der Waals surface area (Å²) in [5, 5.41) is 3.20. The van der Waals surface area contributed by atoms with Gasteiger partial charge in [-0.1, -0.05) is 0 Å². The molecule has 108 valence electrons. The van der Waals surface area contributed by atoms with E-state index < -0.39 is 10.0 Å². The number of hydrogen-bond acceptors (Lipinski definition) is 5. The van der Waals surface area contributed by atoms with E-state index in [1.807, 2.05) is 7.05 Å². The van der Waals surface area contributed by atoms with E-state index in [-0.39, 0.29) is 23.5 Å². The van der Waals surface area contributed by atoms with E-state index in [0.29, 0.717) is 18.8 Å². The monoisotopic (exact) mass is 306 g/mol. The molecule has 8 heteroatoms. The van der Waals surface area contributed by atoms with E-state index in [1.54, 1.807) is 6.92 Å². The standard InChI is InChI=1S/C11H18N4O2S.ClH/c1-9-11(14-6-5-13-9)18(16,17)15-7-3-4-10(8-15)12-2;/h5-6,10,12H,3-4,7-8H2,1-2H3;1H. The maximum absolute atomic E-state index is 12.5. The molecule has 0 aromatic carbocycles. The molecule has 1 saturated heterocycles. The number of sulfonamides is 1. The molecule has 6 nitrogen and oxygen atoms in total. The number of piperidine rings is 1. The van der Waals surface area contributed by atoms with E-state index >= 15 is 0 Å². The molecule has 2 heterocycles. The van der Waals surface area contributed by atoms with Crippen molar-refractivity contribution in [1.82, 2.24) is 19.6 Å². The van der Waals surface area contributed by atoms with Crippen molar-refractivity contribution >= 4 is 22.4 Å². The Morgan fingerprint density at radius 3 is 2.68 bits per heavy atom. The van der Waals surface area contributed by atoms with Crippen LogP contribution in [0.15, 0.2) is 17.4 Å². The fraction of sp³-hybridized carbons (Fsp3) is 0.636. The van der Waals surface area contributed by atoms with Crippen LogP contribution < -0.4 is 5.32 Å². The molecular formula is C11H19ClN4O2S. The molecule has 0 bridgehead atoms. The summed E-state index contributed by atoms with van der Waals surface area (Å²) in [4.78, 5) is 7.96. The topological polar surface area (TPSA) is 75.2 Å². The lowest BCUT2D eigenvalue weighted by Gasteiger charge is -2.31. The van der Waals surface area contributed by atoms with Gasteiger partial charge in [0.1, 0.15) is 0 Å². The minimum Gasteiger partial charge on any atom is -0.316 e. The van der Waals surface area contributed by atoms with E-state index in [9.17, 15) is 8.42 Å². The zero-order valence-corrected chi connectivity index (χ0v) is 12.7. The van der Waals surface area contributed by atoms with Crippen LogP contribution in [0.2, 0.25) is 0 Å². The summed E-state index contributed by atoms with van der Waals surface area (Å²) in [5.41, 5.74) is 0.448. The van der Waals surface area contributed by atoms with Crippen molar-refractivity contribution < 1.29 is 8.42 Å². The summed E-state index contributed by atoms with van der Waals surface area (Å²) >= 11 is 0. The highest BCUT2D eigenvalue weighted by molar-refractivity contribution is 7.89. The van der Waals surface area contributed by atoms with Gasteiger partial charge in [0, 0.05) is 31.5 Å². The van der Waals surface area contributed by atoms with Crippen LogP contribution in [0.3, 0.4) is 0 Å². The van der Waals surface area contributed by atoms with Gasteiger partial charge in [-0.25, -0.2) is 13.4 Å². The summed E-state index contributed by atoms with van der Waals surface area (Å²) in [6.45, 7) is 2.71. The first-order chi connectivity index (χ1) is 8.55. The van der Waals surface area contributed by atoms with Crippen molar-refractivity contribution in [1.29, 1.82) is 0 Å². The van der Waals surface area contributed by atoms with E-state index in [2.05, 4.69) is 15.3 Å². The molecule has 1 fully saturated rings. The molecule has 0 radical (unpaired) electrons. The van der Waals surface area contributed by atoms with Crippen molar-refractivity contribution in [2.75, 3.05) is 20.1 Å². The minimum atomic E-state index is -3.52. The molecule has 19 heavy (non-hydrogen) atoms. The fourth-order valence-corrected chi connectivity index (χ4v) is 3.78. The maximum atomic E-state index is 12.5. The Bertz CT molecular complexity index is 523. The zero-order valence-electron chi connectivity index (χ0n) is 11.0. The van der Waals surface area contributed by atoms with Crippen LogP contribution in [-0.2, 0) is 10.0 Å². The van der Waals surface area contributed by atoms with Crippen LogP contribution in [0, 0.1) is 6.92 Å².